The number of aromatic nitrogens is 2. The van der Waals surface area contributed by atoms with Crippen LogP contribution in [-0.2, 0) is 4.79 Å². The van der Waals surface area contributed by atoms with Gasteiger partial charge in [0.2, 0.25) is 0 Å². The second kappa shape index (κ2) is 8.44. The normalized spacial score (nSPS) is 14.6. The minimum absolute atomic E-state index is 0.0576. The Kier molecular flexibility index (Phi) is 5.56. The average Bonchev–Trinajstić information content (AvgIpc) is 3.21. The van der Waals surface area contributed by atoms with E-state index in [2.05, 4.69) is 4.98 Å². The predicted octanol–water partition coefficient (Wildman–Crippen LogP) is 2.46. The molecule has 1 fully saturated rings. The van der Waals surface area contributed by atoms with E-state index in [4.69, 9.17) is 20.2 Å². The summed E-state index contributed by atoms with van der Waals surface area (Å²) >= 11 is 0. The standard InChI is InChI=1S/C22H24N4O4/c1-29-19-12-15(6-7-18(19)30-13-20(23)27)22(28)26-10-8-14(9-11-26)21-24-16-4-2-3-5-17(16)25-21/h2-7,12,14H,8-11,13H2,1H3,(H2,23,27)(H,24,25). The lowest BCUT2D eigenvalue weighted by Crippen LogP contribution is -2.38. The number of fused-ring (bicyclic) bond motifs is 1. The van der Waals surface area contributed by atoms with Crippen LogP contribution in [0.15, 0.2) is 42.5 Å². The van der Waals surface area contributed by atoms with Crippen LogP contribution in [0, 0.1) is 0 Å². The van der Waals surface area contributed by atoms with Crippen molar-refractivity contribution in [3.8, 4) is 11.5 Å². The summed E-state index contributed by atoms with van der Waals surface area (Å²) in [7, 11) is 1.49. The van der Waals surface area contributed by atoms with Crippen LogP contribution in [0.1, 0.15) is 34.9 Å². The molecule has 0 aliphatic carbocycles. The van der Waals surface area contributed by atoms with Crippen molar-refractivity contribution in [2.24, 2.45) is 5.73 Å². The third kappa shape index (κ3) is 4.07. The Morgan fingerprint density at radius 1 is 1.17 bits per heavy atom. The summed E-state index contributed by atoms with van der Waals surface area (Å²) in [5.74, 6) is 1.42. The maximum Gasteiger partial charge on any atom is 0.255 e. The number of para-hydroxylation sites is 2. The number of aromatic amines is 1. The van der Waals surface area contributed by atoms with E-state index >= 15 is 0 Å². The summed E-state index contributed by atoms with van der Waals surface area (Å²) in [5.41, 5.74) is 7.63. The van der Waals surface area contributed by atoms with E-state index < -0.39 is 5.91 Å². The number of carbonyl (C=O) groups excluding carboxylic acids is 2. The number of carbonyl (C=O) groups is 2. The Balaban J connectivity index is 1.41. The highest BCUT2D eigenvalue weighted by atomic mass is 16.5. The fourth-order valence-electron chi connectivity index (χ4n) is 3.77. The van der Waals surface area contributed by atoms with Crippen molar-refractivity contribution >= 4 is 22.8 Å². The summed E-state index contributed by atoms with van der Waals surface area (Å²) < 4.78 is 10.6. The first-order valence-corrected chi connectivity index (χ1v) is 9.88. The number of rotatable bonds is 6. The number of nitrogens with two attached hydrogens (primary N) is 1. The number of imidazole rings is 1. The van der Waals surface area contributed by atoms with E-state index in [0.29, 0.717) is 36.1 Å². The lowest BCUT2D eigenvalue weighted by Gasteiger charge is -2.31. The summed E-state index contributed by atoms with van der Waals surface area (Å²) in [6.45, 7) is 1.06. The molecule has 0 saturated carbocycles. The number of benzene rings is 2. The molecule has 4 rings (SSSR count). The lowest BCUT2D eigenvalue weighted by molar-refractivity contribution is -0.119. The zero-order valence-electron chi connectivity index (χ0n) is 16.8. The van der Waals surface area contributed by atoms with Gasteiger partial charge in [0, 0.05) is 24.6 Å². The van der Waals surface area contributed by atoms with Crippen LogP contribution in [0.5, 0.6) is 11.5 Å². The number of hydrogen-bond donors (Lipinski definition) is 2. The van der Waals surface area contributed by atoms with Crippen LogP contribution in [0.25, 0.3) is 11.0 Å². The average molecular weight is 408 g/mol. The molecule has 2 amide bonds. The summed E-state index contributed by atoms with van der Waals surface area (Å²) in [4.78, 5) is 33.8. The molecule has 8 nitrogen and oxygen atoms in total. The van der Waals surface area contributed by atoms with Gasteiger partial charge in [-0.2, -0.15) is 0 Å². The Bertz CT molecular complexity index is 1040. The molecule has 2 aromatic carbocycles. The fraction of sp³-hybridized carbons (Fsp3) is 0.318. The number of ether oxygens (including phenoxy) is 2. The van der Waals surface area contributed by atoms with Gasteiger partial charge in [-0.25, -0.2) is 4.98 Å². The molecular weight excluding hydrogens is 384 g/mol. The minimum atomic E-state index is -0.579. The number of amides is 2. The fourth-order valence-corrected chi connectivity index (χ4v) is 3.77. The van der Waals surface area contributed by atoms with Crippen molar-refractivity contribution in [3.63, 3.8) is 0 Å². The quantitative estimate of drug-likeness (QED) is 0.651. The molecule has 156 valence electrons. The molecule has 3 N–H and O–H groups in total. The van der Waals surface area contributed by atoms with Crippen LogP contribution in [0.4, 0.5) is 0 Å². The maximum absolute atomic E-state index is 13.0. The van der Waals surface area contributed by atoms with Crippen molar-refractivity contribution in [3.05, 3.63) is 53.9 Å². The Morgan fingerprint density at radius 2 is 1.93 bits per heavy atom. The van der Waals surface area contributed by atoms with Crippen LogP contribution in [-0.4, -0.2) is 53.5 Å². The Labute approximate surface area is 174 Å². The monoisotopic (exact) mass is 408 g/mol. The van der Waals surface area contributed by atoms with Crippen LogP contribution < -0.4 is 15.2 Å². The molecule has 0 radical (unpaired) electrons. The molecule has 1 aliphatic heterocycles. The molecule has 0 unspecified atom stereocenters. The first kappa shape index (κ1) is 19.8. The van der Waals surface area contributed by atoms with Crippen molar-refractivity contribution < 1.29 is 19.1 Å². The molecule has 1 aromatic heterocycles. The number of primary amides is 1. The van der Waals surface area contributed by atoms with Crippen molar-refractivity contribution in [1.82, 2.24) is 14.9 Å². The van der Waals surface area contributed by atoms with Gasteiger partial charge in [0.05, 0.1) is 18.1 Å². The number of likely N-dealkylation sites (tertiary alicyclic amines) is 1. The lowest BCUT2D eigenvalue weighted by atomic mass is 9.95. The first-order chi connectivity index (χ1) is 14.5. The molecule has 0 bridgehead atoms. The van der Waals surface area contributed by atoms with Gasteiger partial charge in [-0.15, -0.1) is 0 Å². The molecule has 0 spiro atoms. The van der Waals surface area contributed by atoms with E-state index in [1.54, 1.807) is 18.2 Å². The number of nitrogens with one attached hydrogen (secondary N) is 1. The zero-order chi connectivity index (χ0) is 21.1. The largest absolute Gasteiger partial charge is 0.493 e. The van der Waals surface area contributed by atoms with Crippen LogP contribution in [0.2, 0.25) is 0 Å². The van der Waals surface area contributed by atoms with E-state index in [1.807, 2.05) is 29.2 Å². The van der Waals surface area contributed by atoms with Crippen molar-refractivity contribution in [1.29, 1.82) is 0 Å². The molecule has 2 heterocycles. The molecular formula is C22H24N4O4. The summed E-state index contributed by atoms with van der Waals surface area (Å²) in [6.07, 6.45) is 1.70. The smallest absolute Gasteiger partial charge is 0.255 e. The molecule has 1 aliphatic rings. The number of methoxy groups -OCH3 is 1. The van der Waals surface area contributed by atoms with Gasteiger partial charge in [-0.05, 0) is 43.2 Å². The highest BCUT2D eigenvalue weighted by molar-refractivity contribution is 5.95. The van der Waals surface area contributed by atoms with Crippen molar-refractivity contribution in [2.45, 2.75) is 18.8 Å². The van der Waals surface area contributed by atoms with Gasteiger partial charge in [0.25, 0.3) is 11.8 Å². The van der Waals surface area contributed by atoms with E-state index in [9.17, 15) is 9.59 Å². The summed E-state index contributed by atoms with van der Waals surface area (Å²) in [5, 5.41) is 0. The third-order valence-electron chi connectivity index (χ3n) is 5.36. The molecule has 30 heavy (non-hydrogen) atoms. The molecule has 8 heteroatoms. The van der Waals surface area contributed by atoms with E-state index in [-0.39, 0.29) is 12.5 Å². The SMILES string of the molecule is COc1cc(C(=O)N2CCC(c3nc4ccccc4[nH]3)CC2)ccc1OCC(N)=O. The first-order valence-electron chi connectivity index (χ1n) is 9.88. The van der Waals surface area contributed by atoms with E-state index in [1.165, 1.54) is 7.11 Å². The minimum Gasteiger partial charge on any atom is -0.493 e. The number of piperidine rings is 1. The third-order valence-corrected chi connectivity index (χ3v) is 5.36. The van der Waals surface area contributed by atoms with Gasteiger partial charge in [-0.1, -0.05) is 12.1 Å². The second-order valence-corrected chi connectivity index (χ2v) is 7.33. The zero-order valence-corrected chi connectivity index (χ0v) is 16.8. The van der Waals surface area contributed by atoms with Crippen LogP contribution in [0.3, 0.4) is 0 Å². The van der Waals surface area contributed by atoms with Crippen LogP contribution >= 0.6 is 0 Å². The van der Waals surface area contributed by atoms with E-state index in [0.717, 1.165) is 29.7 Å². The molecule has 1 saturated heterocycles. The predicted molar refractivity (Wildman–Crippen MR) is 112 cm³/mol. The molecule has 3 aromatic rings. The van der Waals surface area contributed by atoms with Gasteiger partial charge in [0.15, 0.2) is 18.1 Å². The van der Waals surface area contributed by atoms with Gasteiger partial charge in [0.1, 0.15) is 5.82 Å². The second-order valence-electron chi connectivity index (χ2n) is 7.33. The van der Waals surface area contributed by atoms with Gasteiger partial charge >= 0.3 is 0 Å². The summed E-state index contributed by atoms with van der Waals surface area (Å²) in [6, 6.07) is 12.9. The molecule has 0 atom stereocenters. The Hall–Kier alpha value is -3.55. The topological polar surface area (TPSA) is 111 Å². The number of H-pyrrole nitrogens is 1. The number of hydrogen-bond acceptors (Lipinski definition) is 5. The number of nitrogens with zero attached hydrogens (tertiary/aromatic N) is 2. The Morgan fingerprint density at radius 3 is 2.63 bits per heavy atom. The highest BCUT2D eigenvalue weighted by Crippen LogP contribution is 2.31. The highest BCUT2D eigenvalue weighted by Gasteiger charge is 2.27. The van der Waals surface area contributed by atoms with Crippen molar-refractivity contribution in [2.75, 3.05) is 26.8 Å². The van der Waals surface area contributed by atoms with Gasteiger partial charge in [-0.3, -0.25) is 9.59 Å². The maximum atomic E-state index is 13.0. The van der Waals surface area contributed by atoms with Gasteiger partial charge < -0.3 is 25.1 Å².